The van der Waals surface area contributed by atoms with Crippen molar-refractivity contribution in [3.63, 3.8) is 0 Å². The summed E-state index contributed by atoms with van der Waals surface area (Å²) in [4.78, 5) is 11.7. The van der Waals surface area contributed by atoms with E-state index in [-0.39, 0.29) is 11.3 Å². The Kier molecular flexibility index (Phi) is 3.59. The van der Waals surface area contributed by atoms with E-state index in [9.17, 15) is 15.0 Å². The quantitative estimate of drug-likeness (QED) is 0.772. The van der Waals surface area contributed by atoms with E-state index in [1.54, 1.807) is 6.07 Å². The van der Waals surface area contributed by atoms with E-state index in [0.29, 0.717) is 18.4 Å². The number of hydrogen-bond acceptors (Lipinski definition) is 2. The van der Waals surface area contributed by atoms with Crippen LogP contribution >= 0.6 is 0 Å². The number of nitrogens with zero attached hydrogens (tertiary/aromatic N) is 1. The van der Waals surface area contributed by atoms with E-state index in [4.69, 9.17) is 0 Å². The van der Waals surface area contributed by atoms with Crippen molar-refractivity contribution in [2.24, 2.45) is 0 Å². The fourth-order valence-corrected chi connectivity index (χ4v) is 2.98. The number of fused-ring (bicyclic) bond motifs is 1. The van der Waals surface area contributed by atoms with Crippen molar-refractivity contribution in [3.05, 3.63) is 65.4 Å². The summed E-state index contributed by atoms with van der Waals surface area (Å²) in [5.74, 6) is -0.994. The Labute approximate surface area is 128 Å². The van der Waals surface area contributed by atoms with Gasteiger partial charge in [0.1, 0.15) is 5.75 Å². The predicted octanol–water partition coefficient (Wildman–Crippen LogP) is 3.66. The molecule has 0 unspecified atom stereocenters. The minimum atomic E-state index is -1.00. The molecule has 0 spiro atoms. The zero-order valence-electron chi connectivity index (χ0n) is 12.3. The molecule has 0 bridgehead atoms. The van der Waals surface area contributed by atoms with Gasteiger partial charge in [-0.2, -0.15) is 0 Å². The maximum Gasteiger partial charge on any atom is 0.338 e. The Morgan fingerprint density at radius 2 is 1.82 bits per heavy atom. The summed E-state index contributed by atoms with van der Waals surface area (Å²) < 4.78 is 1.98. The minimum absolute atomic E-state index is 0.0106. The number of carboxylic acid groups (broad SMARTS) is 1. The smallest absolute Gasteiger partial charge is 0.338 e. The molecule has 4 heteroatoms. The number of phenolic OH excluding ortho intramolecular Hbond substituents is 1. The van der Waals surface area contributed by atoms with Gasteiger partial charge in [-0.15, -0.1) is 0 Å². The molecule has 4 nitrogen and oxygen atoms in total. The molecule has 0 saturated heterocycles. The van der Waals surface area contributed by atoms with Gasteiger partial charge in [-0.25, -0.2) is 4.79 Å². The van der Waals surface area contributed by atoms with Crippen LogP contribution in [0.5, 0.6) is 5.75 Å². The molecular formula is C18H17NO3. The van der Waals surface area contributed by atoms with Gasteiger partial charge in [0.2, 0.25) is 0 Å². The van der Waals surface area contributed by atoms with E-state index >= 15 is 0 Å². The van der Waals surface area contributed by atoms with Crippen LogP contribution in [0.2, 0.25) is 0 Å². The molecule has 112 valence electrons. The SMILES string of the molecule is CCc1c(C(=O)O)c2c(O)cccc2n1Cc1ccccc1. The Morgan fingerprint density at radius 1 is 1.09 bits per heavy atom. The number of carbonyl (C=O) groups is 1. The number of carboxylic acids is 1. The molecule has 1 aromatic heterocycles. The van der Waals surface area contributed by atoms with Gasteiger partial charge in [0.15, 0.2) is 0 Å². The van der Waals surface area contributed by atoms with E-state index < -0.39 is 5.97 Å². The highest BCUT2D eigenvalue weighted by atomic mass is 16.4. The van der Waals surface area contributed by atoms with Crippen molar-refractivity contribution in [1.29, 1.82) is 0 Å². The first kappa shape index (κ1) is 14.2. The standard InChI is InChI=1S/C18H17NO3/c1-2-13-17(18(21)22)16-14(9-6-10-15(16)20)19(13)11-12-7-4-3-5-8-12/h3-10,20H,2,11H2,1H3,(H,21,22). The topological polar surface area (TPSA) is 62.5 Å². The van der Waals surface area contributed by atoms with E-state index in [0.717, 1.165) is 16.8 Å². The summed E-state index contributed by atoms with van der Waals surface area (Å²) in [5, 5.41) is 20.1. The van der Waals surface area contributed by atoms with Crippen molar-refractivity contribution in [1.82, 2.24) is 4.57 Å². The van der Waals surface area contributed by atoms with Crippen LogP contribution in [0.25, 0.3) is 10.9 Å². The fourth-order valence-electron chi connectivity index (χ4n) is 2.98. The molecule has 0 saturated carbocycles. The molecule has 0 radical (unpaired) electrons. The maximum atomic E-state index is 11.7. The summed E-state index contributed by atoms with van der Waals surface area (Å²) >= 11 is 0. The molecule has 0 atom stereocenters. The lowest BCUT2D eigenvalue weighted by atomic mass is 10.1. The van der Waals surface area contributed by atoms with Crippen molar-refractivity contribution < 1.29 is 15.0 Å². The Bertz CT molecular complexity index is 834. The number of rotatable bonds is 4. The van der Waals surface area contributed by atoms with Gasteiger partial charge in [-0.3, -0.25) is 0 Å². The lowest BCUT2D eigenvalue weighted by molar-refractivity contribution is 0.0697. The molecule has 2 N–H and O–H groups in total. The van der Waals surface area contributed by atoms with Gasteiger partial charge in [0, 0.05) is 12.2 Å². The second-order valence-electron chi connectivity index (χ2n) is 5.22. The first-order valence-electron chi connectivity index (χ1n) is 7.23. The first-order valence-corrected chi connectivity index (χ1v) is 7.23. The van der Waals surface area contributed by atoms with Crippen LogP contribution < -0.4 is 0 Å². The Hall–Kier alpha value is -2.75. The maximum absolute atomic E-state index is 11.7. The third-order valence-electron chi connectivity index (χ3n) is 3.91. The molecule has 0 amide bonds. The van der Waals surface area contributed by atoms with E-state index in [1.165, 1.54) is 6.07 Å². The monoisotopic (exact) mass is 295 g/mol. The van der Waals surface area contributed by atoms with Gasteiger partial charge >= 0.3 is 5.97 Å². The Morgan fingerprint density at radius 3 is 2.45 bits per heavy atom. The van der Waals surface area contributed by atoms with Gasteiger partial charge in [0.05, 0.1) is 16.5 Å². The largest absolute Gasteiger partial charge is 0.507 e. The fraction of sp³-hybridized carbons (Fsp3) is 0.167. The third-order valence-corrected chi connectivity index (χ3v) is 3.91. The minimum Gasteiger partial charge on any atom is -0.507 e. The first-order chi connectivity index (χ1) is 10.6. The van der Waals surface area contributed by atoms with Crippen molar-refractivity contribution in [3.8, 4) is 5.75 Å². The summed E-state index contributed by atoms with van der Waals surface area (Å²) in [5.41, 5.74) is 2.77. The molecular weight excluding hydrogens is 278 g/mol. The molecule has 22 heavy (non-hydrogen) atoms. The highest BCUT2D eigenvalue weighted by Gasteiger charge is 2.23. The number of aromatic hydroxyl groups is 1. The Balaban J connectivity index is 2.29. The molecule has 0 fully saturated rings. The second kappa shape index (κ2) is 5.56. The summed E-state index contributed by atoms with van der Waals surface area (Å²) in [6.45, 7) is 2.51. The van der Waals surface area contributed by atoms with Crippen LogP contribution in [0, 0.1) is 0 Å². The third kappa shape index (κ3) is 2.22. The highest BCUT2D eigenvalue weighted by Crippen LogP contribution is 2.34. The highest BCUT2D eigenvalue weighted by molar-refractivity contribution is 6.07. The predicted molar refractivity (Wildman–Crippen MR) is 85.5 cm³/mol. The number of hydrogen-bond donors (Lipinski definition) is 2. The van der Waals surface area contributed by atoms with Crippen LogP contribution in [0.3, 0.4) is 0 Å². The van der Waals surface area contributed by atoms with Gasteiger partial charge in [-0.05, 0) is 24.1 Å². The zero-order valence-corrected chi connectivity index (χ0v) is 12.3. The summed E-state index contributed by atoms with van der Waals surface area (Å²) in [6.07, 6.45) is 0.586. The zero-order chi connectivity index (χ0) is 15.7. The lowest BCUT2D eigenvalue weighted by Crippen LogP contribution is -2.07. The summed E-state index contributed by atoms with van der Waals surface area (Å²) in [7, 11) is 0. The average Bonchev–Trinajstić information content (AvgIpc) is 2.84. The number of aromatic carboxylic acids is 1. The number of benzene rings is 2. The average molecular weight is 295 g/mol. The van der Waals surface area contributed by atoms with Gasteiger partial charge in [-0.1, -0.05) is 43.3 Å². The molecule has 1 heterocycles. The molecule has 3 aromatic rings. The van der Waals surface area contributed by atoms with Crippen molar-refractivity contribution >= 4 is 16.9 Å². The van der Waals surface area contributed by atoms with E-state index in [1.807, 2.05) is 47.9 Å². The van der Waals surface area contributed by atoms with Gasteiger partial charge in [0.25, 0.3) is 0 Å². The lowest BCUT2D eigenvalue weighted by Gasteiger charge is -2.10. The molecule has 0 aliphatic rings. The van der Waals surface area contributed by atoms with Crippen LogP contribution in [0.1, 0.15) is 28.5 Å². The normalized spacial score (nSPS) is 11.0. The summed E-state index contributed by atoms with van der Waals surface area (Å²) in [6, 6.07) is 15.0. The number of aromatic nitrogens is 1. The molecule has 3 rings (SSSR count). The van der Waals surface area contributed by atoms with Gasteiger partial charge < -0.3 is 14.8 Å². The van der Waals surface area contributed by atoms with Crippen LogP contribution in [-0.4, -0.2) is 20.7 Å². The second-order valence-corrected chi connectivity index (χ2v) is 5.22. The number of phenols is 1. The van der Waals surface area contributed by atoms with Crippen molar-refractivity contribution in [2.75, 3.05) is 0 Å². The van der Waals surface area contributed by atoms with Crippen LogP contribution in [0.15, 0.2) is 48.5 Å². The van der Waals surface area contributed by atoms with Crippen LogP contribution in [-0.2, 0) is 13.0 Å². The van der Waals surface area contributed by atoms with Crippen LogP contribution in [0.4, 0.5) is 0 Å². The molecule has 0 aliphatic heterocycles. The molecule has 0 aliphatic carbocycles. The van der Waals surface area contributed by atoms with E-state index in [2.05, 4.69) is 0 Å². The molecule has 2 aromatic carbocycles. The van der Waals surface area contributed by atoms with Crippen molar-refractivity contribution in [2.45, 2.75) is 19.9 Å².